The lowest BCUT2D eigenvalue weighted by Crippen LogP contribution is -1.90. The van der Waals surface area contributed by atoms with E-state index in [0.29, 0.717) is 6.61 Å². The maximum absolute atomic E-state index is 5.75. The van der Waals surface area contributed by atoms with Crippen LogP contribution in [0.15, 0.2) is 47.2 Å². The molecule has 0 radical (unpaired) electrons. The Balaban J connectivity index is 2.18. The van der Waals surface area contributed by atoms with Crippen LogP contribution in [0.5, 0.6) is 11.5 Å². The Kier molecular flexibility index (Phi) is 4.12. The molecule has 2 aromatic rings. The first-order valence-corrected chi connectivity index (χ1v) is 5.94. The number of hydrogen-bond acceptors (Lipinski definition) is 3. The second-order valence-corrected chi connectivity index (χ2v) is 4.34. The maximum Gasteiger partial charge on any atom is 0.144 e. The topological polar surface area (TPSA) is 31.4 Å². The maximum atomic E-state index is 5.75. The number of halogens is 1. The standard InChI is InChI=1S/C13H12BrNO2/c1-16-9-10-3-2-4-11(7-10)17-13-5-6-15-8-12(13)14/h2-8H,9H2,1H3. The van der Waals surface area contributed by atoms with Crippen LogP contribution in [0.25, 0.3) is 0 Å². The molecule has 0 amide bonds. The summed E-state index contributed by atoms with van der Waals surface area (Å²) in [6.45, 7) is 0.578. The van der Waals surface area contributed by atoms with Crippen LogP contribution in [0.1, 0.15) is 5.56 Å². The summed E-state index contributed by atoms with van der Waals surface area (Å²) in [5.41, 5.74) is 1.08. The molecule has 0 aliphatic heterocycles. The molecule has 1 aromatic heterocycles. The lowest BCUT2D eigenvalue weighted by molar-refractivity contribution is 0.184. The fourth-order valence-electron chi connectivity index (χ4n) is 1.44. The quantitative estimate of drug-likeness (QED) is 0.860. The number of methoxy groups -OCH3 is 1. The zero-order valence-corrected chi connectivity index (χ0v) is 11.0. The second kappa shape index (κ2) is 5.80. The van der Waals surface area contributed by atoms with Gasteiger partial charge in [0.25, 0.3) is 0 Å². The Bertz CT molecular complexity index is 502. The van der Waals surface area contributed by atoms with Crippen molar-refractivity contribution in [3.05, 3.63) is 52.8 Å². The fraction of sp³-hybridized carbons (Fsp3) is 0.154. The summed E-state index contributed by atoms with van der Waals surface area (Å²) in [4.78, 5) is 3.99. The minimum Gasteiger partial charge on any atom is -0.456 e. The van der Waals surface area contributed by atoms with Crippen molar-refractivity contribution < 1.29 is 9.47 Å². The average molecular weight is 294 g/mol. The summed E-state index contributed by atoms with van der Waals surface area (Å²) in [6, 6.07) is 9.62. The number of hydrogen-bond donors (Lipinski definition) is 0. The number of rotatable bonds is 4. The van der Waals surface area contributed by atoms with E-state index in [4.69, 9.17) is 9.47 Å². The van der Waals surface area contributed by atoms with Crippen LogP contribution >= 0.6 is 15.9 Å². The van der Waals surface area contributed by atoms with Crippen LogP contribution < -0.4 is 4.74 Å². The number of pyridine rings is 1. The molecule has 0 spiro atoms. The molecule has 0 N–H and O–H groups in total. The highest BCUT2D eigenvalue weighted by molar-refractivity contribution is 9.10. The van der Waals surface area contributed by atoms with E-state index >= 15 is 0 Å². The summed E-state index contributed by atoms with van der Waals surface area (Å²) in [5, 5.41) is 0. The van der Waals surface area contributed by atoms with Crippen molar-refractivity contribution in [2.24, 2.45) is 0 Å². The minimum atomic E-state index is 0.578. The highest BCUT2D eigenvalue weighted by Gasteiger charge is 2.02. The molecule has 0 aliphatic rings. The van der Waals surface area contributed by atoms with Gasteiger partial charge in [-0.2, -0.15) is 0 Å². The van der Waals surface area contributed by atoms with Gasteiger partial charge in [0.2, 0.25) is 0 Å². The van der Waals surface area contributed by atoms with Crippen molar-refractivity contribution in [1.29, 1.82) is 0 Å². The third kappa shape index (κ3) is 3.28. The Morgan fingerprint density at radius 3 is 2.94 bits per heavy atom. The van der Waals surface area contributed by atoms with Gasteiger partial charge in [-0.3, -0.25) is 4.98 Å². The van der Waals surface area contributed by atoms with Crippen molar-refractivity contribution in [3.8, 4) is 11.5 Å². The summed E-state index contributed by atoms with van der Waals surface area (Å²) in [5.74, 6) is 1.53. The second-order valence-electron chi connectivity index (χ2n) is 3.49. The first kappa shape index (κ1) is 12.1. The molecule has 1 aromatic carbocycles. The van der Waals surface area contributed by atoms with Crippen LogP contribution in [0.3, 0.4) is 0 Å². The number of aromatic nitrogens is 1. The van der Waals surface area contributed by atoms with Crippen molar-refractivity contribution >= 4 is 15.9 Å². The van der Waals surface area contributed by atoms with E-state index in [-0.39, 0.29) is 0 Å². The van der Waals surface area contributed by atoms with Gasteiger partial charge in [0, 0.05) is 25.6 Å². The first-order valence-electron chi connectivity index (χ1n) is 5.15. The molecule has 0 fully saturated rings. The molecule has 0 saturated carbocycles. The third-order valence-corrected chi connectivity index (χ3v) is 2.77. The van der Waals surface area contributed by atoms with E-state index < -0.39 is 0 Å². The van der Waals surface area contributed by atoms with E-state index in [1.165, 1.54) is 0 Å². The van der Waals surface area contributed by atoms with Crippen LogP contribution in [0.4, 0.5) is 0 Å². The average Bonchev–Trinajstić information content (AvgIpc) is 2.33. The van der Waals surface area contributed by atoms with Crippen molar-refractivity contribution in [2.45, 2.75) is 6.61 Å². The highest BCUT2D eigenvalue weighted by Crippen LogP contribution is 2.28. The molecule has 2 rings (SSSR count). The van der Waals surface area contributed by atoms with E-state index in [1.54, 1.807) is 19.5 Å². The molecule has 0 saturated heterocycles. The van der Waals surface area contributed by atoms with Gasteiger partial charge in [0.15, 0.2) is 0 Å². The van der Waals surface area contributed by atoms with Crippen LogP contribution in [-0.4, -0.2) is 12.1 Å². The monoisotopic (exact) mass is 293 g/mol. The number of ether oxygens (including phenoxy) is 2. The zero-order valence-electron chi connectivity index (χ0n) is 9.39. The Morgan fingerprint density at radius 1 is 1.29 bits per heavy atom. The van der Waals surface area contributed by atoms with Crippen molar-refractivity contribution in [1.82, 2.24) is 4.98 Å². The molecule has 3 nitrogen and oxygen atoms in total. The van der Waals surface area contributed by atoms with Gasteiger partial charge in [0.1, 0.15) is 11.5 Å². The summed E-state index contributed by atoms with van der Waals surface area (Å²) >= 11 is 3.39. The van der Waals surface area contributed by atoms with E-state index in [2.05, 4.69) is 20.9 Å². The van der Waals surface area contributed by atoms with Crippen LogP contribution in [-0.2, 0) is 11.3 Å². The Morgan fingerprint density at radius 2 is 2.18 bits per heavy atom. The lowest BCUT2D eigenvalue weighted by atomic mass is 10.2. The highest BCUT2D eigenvalue weighted by atomic mass is 79.9. The number of nitrogens with zero attached hydrogens (tertiary/aromatic N) is 1. The molecule has 0 aliphatic carbocycles. The summed E-state index contributed by atoms with van der Waals surface area (Å²) < 4.78 is 11.7. The molecule has 0 bridgehead atoms. The normalized spacial score (nSPS) is 10.2. The van der Waals surface area contributed by atoms with Crippen LogP contribution in [0.2, 0.25) is 0 Å². The van der Waals surface area contributed by atoms with Gasteiger partial charge in [-0.1, -0.05) is 12.1 Å². The van der Waals surface area contributed by atoms with Gasteiger partial charge in [0.05, 0.1) is 11.1 Å². The van der Waals surface area contributed by atoms with E-state index in [0.717, 1.165) is 21.5 Å². The fourth-order valence-corrected chi connectivity index (χ4v) is 1.77. The molecule has 1 heterocycles. The van der Waals surface area contributed by atoms with Crippen molar-refractivity contribution in [2.75, 3.05) is 7.11 Å². The van der Waals surface area contributed by atoms with Gasteiger partial charge in [-0.25, -0.2) is 0 Å². The smallest absolute Gasteiger partial charge is 0.144 e. The molecule has 17 heavy (non-hydrogen) atoms. The molecular formula is C13H12BrNO2. The largest absolute Gasteiger partial charge is 0.456 e. The Hall–Kier alpha value is -1.39. The molecule has 88 valence electrons. The summed E-state index contributed by atoms with van der Waals surface area (Å²) in [7, 11) is 1.67. The molecular weight excluding hydrogens is 282 g/mol. The SMILES string of the molecule is COCc1cccc(Oc2ccncc2Br)c1. The number of benzene rings is 1. The third-order valence-electron chi connectivity index (χ3n) is 2.17. The minimum absolute atomic E-state index is 0.578. The molecule has 4 heteroatoms. The van der Waals surface area contributed by atoms with Gasteiger partial charge < -0.3 is 9.47 Å². The molecule has 0 atom stereocenters. The van der Waals surface area contributed by atoms with Crippen molar-refractivity contribution in [3.63, 3.8) is 0 Å². The first-order chi connectivity index (χ1) is 8.29. The predicted molar refractivity (Wildman–Crippen MR) is 69.2 cm³/mol. The summed E-state index contributed by atoms with van der Waals surface area (Å²) in [6.07, 6.45) is 3.40. The molecule has 0 unspecified atom stereocenters. The van der Waals surface area contributed by atoms with Gasteiger partial charge >= 0.3 is 0 Å². The Labute approximate surface area is 109 Å². The van der Waals surface area contributed by atoms with E-state index in [9.17, 15) is 0 Å². The zero-order chi connectivity index (χ0) is 12.1. The van der Waals surface area contributed by atoms with Crippen LogP contribution in [0, 0.1) is 0 Å². The van der Waals surface area contributed by atoms with Gasteiger partial charge in [-0.15, -0.1) is 0 Å². The lowest BCUT2D eigenvalue weighted by Gasteiger charge is -2.08. The van der Waals surface area contributed by atoms with Gasteiger partial charge in [-0.05, 0) is 33.6 Å². The predicted octanol–water partition coefficient (Wildman–Crippen LogP) is 3.78. The van der Waals surface area contributed by atoms with E-state index in [1.807, 2.05) is 30.3 Å².